The summed E-state index contributed by atoms with van der Waals surface area (Å²) < 4.78 is 12.2. The van der Waals surface area contributed by atoms with E-state index in [1.54, 1.807) is 24.2 Å². The third-order valence-corrected chi connectivity index (χ3v) is 4.84. The SMILES string of the molecule is COCCc1[nH]nc2c1c(=O)n(CCCN)c1ccc(-c3ccoc3)cc21. The van der Waals surface area contributed by atoms with Gasteiger partial charge in [-0.15, -0.1) is 0 Å². The molecule has 0 amide bonds. The average molecular weight is 366 g/mol. The highest BCUT2D eigenvalue weighted by Crippen LogP contribution is 2.29. The lowest BCUT2D eigenvalue weighted by Gasteiger charge is -2.12. The van der Waals surface area contributed by atoms with E-state index in [1.807, 2.05) is 18.2 Å². The third-order valence-electron chi connectivity index (χ3n) is 4.84. The zero-order valence-electron chi connectivity index (χ0n) is 15.2. The zero-order chi connectivity index (χ0) is 18.8. The predicted molar refractivity (Wildman–Crippen MR) is 105 cm³/mol. The van der Waals surface area contributed by atoms with Crippen LogP contribution in [-0.4, -0.2) is 35.0 Å². The normalized spacial score (nSPS) is 11.6. The molecule has 4 aromatic rings. The Bertz CT molecular complexity index is 1130. The molecule has 4 rings (SSSR count). The minimum atomic E-state index is -0.0399. The number of nitrogens with two attached hydrogens (primary N) is 1. The number of aromatic amines is 1. The van der Waals surface area contributed by atoms with Crippen molar-refractivity contribution in [3.63, 3.8) is 0 Å². The van der Waals surface area contributed by atoms with Gasteiger partial charge in [-0.3, -0.25) is 9.89 Å². The topological polar surface area (TPSA) is 99.1 Å². The summed E-state index contributed by atoms with van der Waals surface area (Å²) in [4.78, 5) is 13.2. The summed E-state index contributed by atoms with van der Waals surface area (Å²) in [6.07, 6.45) is 4.69. The Morgan fingerprint density at radius 1 is 1.30 bits per heavy atom. The lowest BCUT2D eigenvalue weighted by Crippen LogP contribution is -2.23. The second-order valence-electron chi connectivity index (χ2n) is 6.51. The summed E-state index contributed by atoms with van der Waals surface area (Å²) in [5, 5.41) is 9.05. The first kappa shape index (κ1) is 17.5. The molecular weight excluding hydrogens is 344 g/mol. The fourth-order valence-electron chi connectivity index (χ4n) is 3.47. The van der Waals surface area contributed by atoms with Crippen LogP contribution in [0, 0.1) is 0 Å². The number of benzene rings is 1. The molecule has 27 heavy (non-hydrogen) atoms. The van der Waals surface area contributed by atoms with Crippen LogP contribution in [0.25, 0.3) is 32.9 Å². The molecule has 0 aliphatic heterocycles. The van der Waals surface area contributed by atoms with Crippen molar-refractivity contribution in [3.05, 3.63) is 52.8 Å². The molecule has 3 heterocycles. The lowest BCUT2D eigenvalue weighted by atomic mass is 10.0. The molecular formula is C20H22N4O3. The maximum Gasteiger partial charge on any atom is 0.262 e. The minimum absolute atomic E-state index is 0.0399. The van der Waals surface area contributed by atoms with Crippen molar-refractivity contribution in [3.8, 4) is 11.1 Å². The first-order chi connectivity index (χ1) is 13.2. The van der Waals surface area contributed by atoms with Gasteiger partial charge in [0.2, 0.25) is 0 Å². The lowest BCUT2D eigenvalue weighted by molar-refractivity contribution is 0.201. The van der Waals surface area contributed by atoms with Crippen LogP contribution in [0.5, 0.6) is 0 Å². The van der Waals surface area contributed by atoms with Crippen LogP contribution in [-0.2, 0) is 17.7 Å². The van der Waals surface area contributed by atoms with Gasteiger partial charge in [0.1, 0.15) is 5.52 Å². The molecule has 3 N–H and O–H groups in total. The van der Waals surface area contributed by atoms with Crippen LogP contribution in [0.15, 0.2) is 46.0 Å². The Morgan fingerprint density at radius 2 is 2.19 bits per heavy atom. The van der Waals surface area contributed by atoms with Gasteiger partial charge in [0.15, 0.2) is 0 Å². The quantitative estimate of drug-likeness (QED) is 0.524. The summed E-state index contributed by atoms with van der Waals surface area (Å²) >= 11 is 0. The summed E-state index contributed by atoms with van der Waals surface area (Å²) in [5.74, 6) is 0. The van der Waals surface area contributed by atoms with Crippen LogP contribution in [0.2, 0.25) is 0 Å². The van der Waals surface area contributed by atoms with Gasteiger partial charge in [-0.05, 0) is 36.7 Å². The maximum atomic E-state index is 13.2. The van der Waals surface area contributed by atoms with E-state index in [4.69, 9.17) is 14.9 Å². The van der Waals surface area contributed by atoms with Gasteiger partial charge in [0, 0.05) is 31.0 Å². The number of aryl methyl sites for hydroxylation is 1. The van der Waals surface area contributed by atoms with E-state index >= 15 is 0 Å². The number of methoxy groups -OCH3 is 1. The molecule has 0 aliphatic carbocycles. The molecule has 0 saturated carbocycles. The summed E-state index contributed by atoms with van der Waals surface area (Å²) in [6, 6.07) is 7.94. The van der Waals surface area contributed by atoms with Crippen molar-refractivity contribution in [2.24, 2.45) is 5.73 Å². The van der Waals surface area contributed by atoms with E-state index < -0.39 is 0 Å². The Morgan fingerprint density at radius 3 is 2.93 bits per heavy atom. The fraction of sp³-hybridized carbons (Fsp3) is 0.300. The first-order valence-corrected chi connectivity index (χ1v) is 8.99. The van der Waals surface area contributed by atoms with Crippen LogP contribution < -0.4 is 11.3 Å². The number of fused-ring (bicyclic) bond motifs is 3. The van der Waals surface area contributed by atoms with Crippen LogP contribution in [0.1, 0.15) is 12.1 Å². The molecule has 0 spiro atoms. The molecule has 0 fully saturated rings. The van der Waals surface area contributed by atoms with Crippen LogP contribution >= 0.6 is 0 Å². The Kier molecular flexibility index (Phi) is 4.79. The molecule has 0 unspecified atom stereocenters. The molecule has 0 radical (unpaired) electrons. The standard InChI is InChI=1S/C20H22N4O3/c1-26-9-6-16-18-19(23-22-16)15-11-13(14-5-10-27-12-14)3-4-17(15)24(20(18)25)8-2-7-21/h3-5,10-12H,2,6-9,21H2,1H3,(H,22,23). The molecule has 0 bridgehead atoms. The number of nitrogens with zero attached hydrogens (tertiary/aromatic N) is 2. The number of H-pyrrole nitrogens is 1. The van der Waals surface area contributed by atoms with Gasteiger partial charge in [-0.25, -0.2) is 0 Å². The van der Waals surface area contributed by atoms with E-state index in [0.717, 1.165) is 34.1 Å². The van der Waals surface area contributed by atoms with Gasteiger partial charge in [0.05, 0.1) is 35.7 Å². The van der Waals surface area contributed by atoms with Gasteiger partial charge >= 0.3 is 0 Å². The maximum absolute atomic E-state index is 13.2. The number of nitrogens with one attached hydrogen (secondary N) is 1. The van der Waals surface area contributed by atoms with E-state index in [1.165, 1.54) is 0 Å². The van der Waals surface area contributed by atoms with E-state index in [-0.39, 0.29) is 5.56 Å². The summed E-state index contributed by atoms with van der Waals surface area (Å²) in [6.45, 7) is 1.62. The van der Waals surface area contributed by atoms with Crippen LogP contribution in [0.4, 0.5) is 0 Å². The van der Waals surface area contributed by atoms with Crippen molar-refractivity contribution in [2.45, 2.75) is 19.4 Å². The second-order valence-corrected chi connectivity index (χ2v) is 6.51. The summed E-state index contributed by atoms with van der Waals surface area (Å²) in [5.41, 5.74) is 10.00. The second kappa shape index (κ2) is 7.38. The van der Waals surface area contributed by atoms with Gasteiger partial charge < -0.3 is 19.5 Å². The van der Waals surface area contributed by atoms with Gasteiger partial charge in [0.25, 0.3) is 5.56 Å². The van der Waals surface area contributed by atoms with Crippen molar-refractivity contribution < 1.29 is 9.15 Å². The highest BCUT2D eigenvalue weighted by Gasteiger charge is 2.17. The highest BCUT2D eigenvalue weighted by molar-refractivity contribution is 6.05. The molecule has 7 nitrogen and oxygen atoms in total. The van der Waals surface area contributed by atoms with Gasteiger partial charge in [-0.2, -0.15) is 5.10 Å². The molecule has 3 aromatic heterocycles. The third kappa shape index (κ3) is 3.05. The van der Waals surface area contributed by atoms with Crippen molar-refractivity contribution in [1.29, 1.82) is 0 Å². The number of pyridine rings is 1. The molecule has 140 valence electrons. The monoisotopic (exact) mass is 366 g/mol. The molecule has 7 heteroatoms. The average Bonchev–Trinajstić information content (AvgIpc) is 3.36. The van der Waals surface area contributed by atoms with Crippen molar-refractivity contribution in [1.82, 2.24) is 14.8 Å². The predicted octanol–water partition coefficient (Wildman–Crippen LogP) is 2.68. The Labute approximate surface area is 155 Å². The Hall–Kier alpha value is -2.90. The number of rotatable bonds is 7. The smallest absolute Gasteiger partial charge is 0.262 e. The zero-order valence-corrected chi connectivity index (χ0v) is 15.2. The fourth-order valence-corrected chi connectivity index (χ4v) is 3.47. The van der Waals surface area contributed by atoms with E-state index in [9.17, 15) is 4.79 Å². The van der Waals surface area contributed by atoms with Crippen molar-refractivity contribution in [2.75, 3.05) is 20.3 Å². The molecule has 1 aromatic carbocycles. The van der Waals surface area contributed by atoms with E-state index in [2.05, 4.69) is 16.3 Å². The Balaban J connectivity index is 2.00. The van der Waals surface area contributed by atoms with Gasteiger partial charge in [-0.1, -0.05) is 6.07 Å². The summed E-state index contributed by atoms with van der Waals surface area (Å²) in [7, 11) is 1.64. The number of aromatic nitrogens is 3. The largest absolute Gasteiger partial charge is 0.472 e. The van der Waals surface area contributed by atoms with E-state index in [0.29, 0.717) is 37.0 Å². The molecule has 0 aliphatic rings. The number of hydrogen-bond acceptors (Lipinski definition) is 5. The van der Waals surface area contributed by atoms with Crippen LogP contribution in [0.3, 0.4) is 0 Å². The molecule has 0 saturated heterocycles. The highest BCUT2D eigenvalue weighted by atomic mass is 16.5. The first-order valence-electron chi connectivity index (χ1n) is 8.99. The minimum Gasteiger partial charge on any atom is -0.472 e. The number of ether oxygens (including phenoxy) is 1. The van der Waals surface area contributed by atoms with Crippen molar-refractivity contribution >= 4 is 21.8 Å². The molecule has 0 atom stereocenters. The number of hydrogen-bond donors (Lipinski definition) is 2. The number of furan rings is 1.